The number of amides is 2. The summed E-state index contributed by atoms with van der Waals surface area (Å²) < 4.78 is 4.95. The second-order valence-corrected chi connectivity index (χ2v) is 5.52. The molecule has 1 atom stereocenters. The summed E-state index contributed by atoms with van der Waals surface area (Å²) >= 11 is 0. The first-order valence-corrected chi connectivity index (χ1v) is 7.62. The zero-order valence-electron chi connectivity index (χ0n) is 13.5. The highest BCUT2D eigenvalue weighted by Crippen LogP contribution is 2.18. The Morgan fingerprint density at radius 1 is 1.09 bits per heavy atom. The largest absolute Gasteiger partial charge is 0.383 e. The van der Waals surface area contributed by atoms with Gasteiger partial charge in [0.1, 0.15) is 0 Å². The molecule has 0 saturated carbocycles. The van der Waals surface area contributed by atoms with Crippen LogP contribution in [0.15, 0.2) is 42.5 Å². The first-order valence-electron chi connectivity index (χ1n) is 7.62. The number of hydrogen-bond donors (Lipinski definition) is 2. The van der Waals surface area contributed by atoms with E-state index in [-0.39, 0.29) is 30.8 Å². The summed E-state index contributed by atoms with van der Waals surface area (Å²) in [6.07, 6.45) is 0.252. The summed E-state index contributed by atoms with van der Waals surface area (Å²) in [5.41, 5.74) is 0.953. The van der Waals surface area contributed by atoms with Gasteiger partial charge in [0.05, 0.1) is 19.6 Å². The molecule has 0 aromatic heterocycles. The van der Waals surface area contributed by atoms with Crippen molar-refractivity contribution in [2.45, 2.75) is 19.4 Å². The van der Waals surface area contributed by atoms with E-state index in [9.17, 15) is 9.59 Å². The molecule has 5 nitrogen and oxygen atoms in total. The van der Waals surface area contributed by atoms with E-state index in [1.54, 1.807) is 7.11 Å². The Bertz CT molecular complexity index is 680. The Hall–Kier alpha value is -2.40. The second kappa shape index (κ2) is 8.29. The van der Waals surface area contributed by atoms with Crippen LogP contribution in [0.5, 0.6) is 0 Å². The molecule has 1 unspecified atom stereocenters. The van der Waals surface area contributed by atoms with E-state index in [1.807, 2.05) is 49.4 Å². The minimum atomic E-state index is -0.221. The SMILES string of the molecule is COCC(C)NC(=O)CNC(=O)Cc1cccc2ccccc12. The van der Waals surface area contributed by atoms with Gasteiger partial charge in [-0.25, -0.2) is 0 Å². The van der Waals surface area contributed by atoms with Gasteiger partial charge in [-0.15, -0.1) is 0 Å². The monoisotopic (exact) mass is 314 g/mol. The Kier molecular flexibility index (Phi) is 6.11. The molecule has 0 aliphatic heterocycles. The van der Waals surface area contributed by atoms with Crippen molar-refractivity contribution in [3.63, 3.8) is 0 Å². The van der Waals surface area contributed by atoms with Gasteiger partial charge < -0.3 is 15.4 Å². The lowest BCUT2D eigenvalue weighted by atomic mass is 10.0. The first-order chi connectivity index (χ1) is 11.1. The van der Waals surface area contributed by atoms with Crippen molar-refractivity contribution in [3.8, 4) is 0 Å². The lowest BCUT2D eigenvalue weighted by Crippen LogP contribution is -2.42. The molecule has 2 aromatic rings. The number of carbonyl (C=O) groups excluding carboxylic acids is 2. The molecular weight excluding hydrogens is 292 g/mol. The van der Waals surface area contributed by atoms with Crippen molar-refractivity contribution in [3.05, 3.63) is 48.0 Å². The van der Waals surface area contributed by atoms with Crippen LogP contribution in [-0.4, -0.2) is 38.1 Å². The predicted molar refractivity (Wildman–Crippen MR) is 90.1 cm³/mol. The molecule has 2 N–H and O–H groups in total. The fourth-order valence-electron chi connectivity index (χ4n) is 2.48. The van der Waals surface area contributed by atoms with Crippen molar-refractivity contribution in [1.82, 2.24) is 10.6 Å². The highest BCUT2D eigenvalue weighted by molar-refractivity contribution is 5.91. The summed E-state index contributed by atoms with van der Waals surface area (Å²) in [4.78, 5) is 23.8. The van der Waals surface area contributed by atoms with Gasteiger partial charge in [0, 0.05) is 13.2 Å². The number of carbonyl (C=O) groups is 2. The third kappa shape index (κ3) is 5.07. The third-order valence-electron chi connectivity index (χ3n) is 3.50. The Labute approximate surface area is 136 Å². The van der Waals surface area contributed by atoms with E-state index in [0.717, 1.165) is 16.3 Å². The maximum atomic E-state index is 12.1. The quantitative estimate of drug-likeness (QED) is 0.816. The van der Waals surface area contributed by atoms with E-state index < -0.39 is 0 Å². The van der Waals surface area contributed by atoms with Gasteiger partial charge in [0.15, 0.2) is 0 Å². The first kappa shape index (κ1) is 17.0. The summed E-state index contributed by atoms with van der Waals surface area (Å²) in [6.45, 7) is 2.26. The number of rotatable bonds is 7. The minimum Gasteiger partial charge on any atom is -0.383 e. The van der Waals surface area contributed by atoms with E-state index in [4.69, 9.17) is 4.74 Å². The Balaban J connectivity index is 1.88. The molecule has 2 amide bonds. The van der Waals surface area contributed by atoms with Gasteiger partial charge in [0.25, 0.3) is 0 Å². The molecule has 0 bridgehead atoms. The Morgan fingerprint density at radius 2 is 1.83 bits per heavy atom. The normalized spacial score (nSPS) is 11.9. The smallest absolute Gasteiger partial charge is 0.239 e. The van der Waals surface area contributed by atoms with Gasteiger partial charge in [-0.2, -0.15) is 0 Å². The molecule has 0 spiro atoms. The van der Waals surface area contributed by atoms with Crippen LogP contribution in [0.25, 0.3) is 10.8 Å². The summed E-state index contributed by atoms with van der Waals surface area (Å²) in [6, 6.07) is 13.7. The summed E-state index contributed by atoms with van der Waals surface area (Å²) in [7, 11) is 1.58. The van der Waals surface area contributed by atoms with Gasteiger partial charge in [-0.1, -0.05) is 42.5 Å². The minimum absolute atomic E-state index is 0.0301. The fraction of sp³-hybridized carbons (Fsp3) is 0.333. The molecule has 0 heterocycles. The van der Waals surface area contributed by atoms with Gasteiger partial charge in [0.2, 0.25) is 11.8 Å². The fourth-order valence-corrected chi connectivity index (χ4v) is 2.48. The average molecular weight is 314 g/mol. The maximum Gasteiger partial charge on any atom is 0.239 e. The molecule has 0 saturated heterocycles. The summed E-state index contributed by atoms with van der Waals surface area (Å²) in [5, 5.41) is 7.56. The number of methoxy groups -OCH3 is 1. The Morgan fingerprint density at radius 3 is 2.61 bits per heavy atom. The molecule has 122 valence electrons. The van der Waals surface area contributed by atoms with Gasteiger partial charge in [-0.05, 0) is 23.3 Å². The molecule has 2 rings (SSSR count). The highest BCUT2D eigenvalue weighted by atomic mass is 16.5. The number of ether oxygens (including phenoxy) is 1. The van der Waals surface area contributed by atoms with Crippen LogP contribution in [0.1, 0.15) is 12.5 Å². The van der Waals surface area contributed by atoms with E-state index in [1.165, 1.54) is 0 Å². The van der Waals surface area contributed by atoms with Crippen LogP contribution in [0.2, 0.25) is 0 Å². The van der Waals surface area contributed by atoms with Crippen LogP contribution in [0.3, 0.4) is 0 Å². The maximum absolute atomic E-state index is 12.1. The molecule has 0 aliphatic carbocycles. The average Bonchev–Trinajstić information content (AvgIpc) is 2.53. The molecule has 5 heteroatoms. The van der Waals surface area contributed by atoms with Crippen molar-refractivity contribution < 1.29 is 14.3 Å². The topological polar surface area (TPSA) is 67.4 Å². The molecule has 0 aliphatic rings. The van der Waals surface area contributed by atoms with Crippen LogP contribution >= 0.6 is 0 Å². The van der Waals surface area contributed by atoms with Crippen molar-refractivity contribution in [2.75, 3.05) is 20.3 Å². The van der Waals surface area contributed by atoms with Crippen LogP contribution in [0, 0.1) is 0 Å². The highest BCUT2D eigenvalue weighted by Gasteiger charge is 2.10. The van der Waals surface area contributed by atoms with E-state index >= 15 is 0 Å². The third-order valence-corrected chi connectivity index (χ3v) is 3.50. The van der Waals surface area contributed by atoms with Crippen LogP contribution in [-0.2, 0) is 20.7 Å². The molecule has 0 radical (unpaired) electrons. The second-order valence-electron chi connectivity index (χ2n) is 5.52. The molecule has 23 heavy (non-hydrogen) atoms. The number of hydrogen-bond acceptors (Lipinski definition) is 3. The van der Waals surface area contributed by atoms with Crippen molar-refractivity contribution in [2.24, 2.45) is 0 Å². The van der Waals surface area contributed by atoms with Gasteiger partial charge >= 0.3 is 0 Å². The lowest BCUT2D eigenvalue weighted by molar-refractivity contribution is -0.126. The zero-order valence-corrected chi connectivity index (χ0v) is 13.5. The lowest BCUT2D eigenvalue weighted by Gasteiger charge is -2.13. The van der Waals surface area contributed by atoms with Crippen LogP contribution in [0.4, 0.5) is 0 Å². The zero-order chi connectivity index (χ0) is 16.7. The molecule has 2 aromatic carbocycles. The predicted octanol–water partition coefficient (Wildman–Crippen LogP) is 1.65. The van der Waals surface area contributed by atoms with Crippen molar-refractivity contribution in [1.29, 1.82) is 0 Å². The number of benzene rings is 2. The standard InChI is InChI=1S/C18H22N2O3/c1-13(12-23-2)20-18(22)11-19-17(21)10-15-8-5-7-14-6-3-4-9-16(14)15/h3-9,13H,10-12H2,1-2H3,(H,19,21)(H,20,22). The molecule has 0 fully saturated rings. The van der Waals surface area contributed by atoms with Crippen LogP contribution < -0.4 is 10.6 Å². The number of nitrogens with one attached hydrogen (secondary N) is 2. The molecular formula is C18H22N2O3. The number of fused-ring (bicyclic) bond motifs is 1. The van der Waals surface area contributed by atoms with E-state index in [2.05, 4.69) is 10.6 Å². The van der Waals surface area contributed by atoms with Gasteiger partial charge in [-0.3, -0.25) is 9.59 Å². The van der Waals surface area contributed by atoms with E-state index in [0.29, 0.717) is 6.61 Å². The summed E-state index contributed by atoms with van der Waals surface area (Å²) in [5.74, 6) is -0.392. The van der Waals surface area contributed by atoms with Crippen molar-refractivity contribution >= 4 is 22.6 Å².